The van der Waals surface area contributed by atoms with Crippen molar-refractivity contribution in [2.75, 3.05) is 13.1 Å². The molecule has 0 spiro atoms. The molecule has 0 bridgehead atoms. The first-order valence-electron chi connectivity index (χ1n) is 9.45. The van der Waals surface area contributed by atoms with E-state index in [-0.39, 0.29) is 5.92 Å². The summed E-state index contributed by atoms with van der Waals surface area (Å²) in [6, 6.07) is 12.2. The highest BCUT2D eigenvalue weighted by atomic mass is 32.2. The van der Waals surface area contributed by atoms with E-state index in [0.29, 0.717) is 37.2 Å². The highest BCUT2D eigenvalue weighted by Crippen LogP contribution is 2.30. The third-order valence-corrected chi connectivity index (χ3v) is 7.26. The van der Waals surface area contributed by atoms with Crippen molar-refractivity contribution in [3.05, 3.63) is 65.2 Å². The normalized spacial score (nSPS) is 17.0. The Bertz CT molecular complexity index is 883. The number of alkyl halides is 3. The summed E-state index contributed by atoms with van der Waals surface area (Å²) in [5.41, 5.74) is 1.30. The van der Waals surface area contributed by atoms with Gasteiger partial charge in [-0.3, -0.25) is 0 Å². The Balaban J connectivity index is 1.59. The fourth-order valence-corrected chi connectivity index (χ4v) is 5.03. The van der Waals surface area contributed by atoms with Gasteiger partial charge in [0, 0.05) is 13.1 Å². The van der Waals surface area contributed by atoms with Gasteiger partial charge in [0.05, 0.1) is 10.5 Å². The summed E-state index contributed by atoms with van der Waals surface area (Å²) in [6.07, 6.45) is -1.40. The molecule has 0 saturated carbocycles. The van der Waals surface area contributed by atoms with Crippen LogP contribution in [0.4, 0.5) is 13.2 Å². The summed E-state index contributed by atoms with van der Waals surface area (Å²) in [5.74, 6) is 0.269. The lowest BCUT2D eigenvalue weighted by molar-refractivity contribution is -0.137. The maximum Gasteiger partial charge on any atom is 0.416 e. The fourth-order valence-electron chi connectivity index (χ4n) is 3.56. The Kier molecular flexibility index (Phi) is 6.15. The molecule has 28 heavy (non-hydrogen) atoms. The van der Waals surface area contributed by atoms with Crippen LogP contribution >= 0.6 is 0 Å². The lowest BCUT2D eigenvalue weighted by Crippen LogP contribution is -2.38. The minimum Gasteiger partial charge on any atom is -0.207 e. The molecule has 1 heterocycles. The molecule has 0 aromatic heterocycles. The molecule has 0 aliphatic carbocycles. The average Bonchev–Trinajstić information content (AvgIpc) is 2.68. The van der Waals surface area contributed by atoms with E-state index in [1.807, 2.05) is 19.1 Å². The van der Waals surface area contributed by atoms with Crippen LogP contribution in [0.5, 0.6) is 0 Å². The zero-order valence-corrected chi connectivity index (χ0v) is 16.6. The summed E-state index contributed by atoms with van der Waals surface area (Å²) < 4.78 is 65.1. The number of nitrogens with zero attached hydrogens (tertiary/aromatic N) is 1. The Morgan fingerprint density at radius 1 is 0.929 bits per heavy atom. The van der Waals surface area contributed by atoms with Crippen LogP contribution < -0.4 is 0 Å². The van der Waals surface area contributed by atoms with Gasteiger partial charge in [-0.1, -0.05) is 31.2 Å². The van der Waals surface area contributed by atoms with E-state index in [1.54, 1.807) is 12.1 Å². The highest BCUT2D eigenvalue weighted by molar-refractivity contribution is 7.89. The van der Waals surface area contributed by atoms with Crippen LogP contribution in [0.25, 0.3) is 0 Å². The van der Waals surface area contributed by atoms with Crippen molar-refractivity contribution in [1.82, 2.24) is 4.31 Å². The van der Waals surface area contributed by atoms with Crippen molar-refractivity contribution in [3.63, 3.8) is 0 Å². The first kappa shape index (κ1) is 20.9. The molecule has 1 saturated heterocycles. The van der Waals surface area contributed by atoms with Gasteiger partial charge in [0.15, 0.2) is 0 Å². The monoisotopic (exact) mass is 411 g/mol. The Morgan fingerprint density at radius 2 is 1.46 bits per heavy atom. The molecule has 0 amide bonds. The minimum absolute atomic E-state index is 0.269. The van der Waals surface area contributed by atoms with Gasteiger partial charge in [-0.2, -0.15) is 17.5 Å². The van der Waals surface area contributed by atoms with Crippen molar-refractivity contribution in [2.24, 2.45) is 5.92 Å². The molecular formula is C21H24F3NO2S. The first-order chi connectivity index (χ1) is 13.2. The van der Waals surface area contributed by atoms with E-state index in [4.69, 9.17) is 0 Å². The van der Waals surface area contributed by atoms with E-state index in [2.05, 4.69) is 0 Å². The molecule has 0 unspecified atom stereocenters. The maximum absolute atomic E-state index is 12.8. The maximum atomic E-state index is 12.8. The SMILES string of the molecule is CCc1ccc(S(=O)(=O)N2CCC(Cc3ccc(C(F)(F)F)cc3)CC2)cc1. The molecule has 0 radical (unpaired) electrons. The van der Waals surface area contributed by atoms with E-state index < -0.39 is 21.8 Å². The number of rotatable bonds is 5. The van der Waals surface area contributed by atoms with Crippen molar-refractivity contribution in [1.29, 1.82) is 0 Å². The van der Waals surface area contributed by atoms with E-state index in [0.717, 1.165) is 29.7 Å². The topological polar surface area (TPSA) is 37.4 Å². The van der Waals surface area contributed by atoms with Crippen LogP contribution in [-0.2, 0) is 29.0 Å². The summed E-state index contributed by atoms with van der Waals surface area (Å²) in [6.45, 7) is 2.89. The van der Waals surface area contributed by atoms with E-state index >= 15 is 0 Å². The molecule has 1 fully saturated rings. The number of piperidine rings is 1. The fraction of sp³-hybridized carbons (Fsp3) is 0.429. The Morgan fingerprint density at radius 3 is 1.96 bits per heavy atom. The molecule has 1 aliphatic heterocycles. The summed E-state index contributed by atoms with van der Waals surface area (Å²) in [7, 11) is -3.50. The van der Waals surface area contributed by atoms with Gasteiger partial charge < -0.3 is 0 Å². The predicted octanol–water partition coefficient (Wildman–Crippen LogP) is 4.91. The number of halogens is 3. The molecular weight excluding hydrogens is 387 g/mol. The standard InChI is InChI=1S/C21H24F3NO2S/c1-2-16-5-9-20(10-6-16)28(26,27)25-13-11-18(12-14-25)15-17-3-7-19(8-4-17)21(22,23)24/h3-10,18H,2,11-15H2,1H3. The van der Waals surface area contributed by atoms with Crippen molar-refractivity contribution in [3.8, 4) is 0 Å². The lowest BCUT2D eigenvalue weighted by atomic mass is 9.91. The van der Waals surface area contributed by atoms with Crippen LogP contribution in [0.15, 0.2) is 53.4 Å². The van der Waals surface area contributed by atoms with Crippen LogP contribution in [0, 0.1) is 5.92 Å². The van der Waals surface area contributed by atoms with Crippen molar-refractivity contribution >= 4 is 10.0 Å². The molecule has 152 valence electrons. The van der Waals surface area contributed by atoms with Crippen LogP contribution in [-0.4, -0.2) is 25.8 Å². The molecule has 0 N–H and O–H groups in total. The molecule has 3 rings (SSSR count). The number of benzene rings is 2. The Labute approximate surface area is 164 Å². The zero-order chi connectivity index (χ0) is 20.4. The number of hydrogen-bond acceptors (Lipinski definition) is 2. The quantitative estimate of drug-likeness (QED) is 0.701. The number of sulfonamides is 1. The summed E-state index contributed by atoms with van der Waals surface area (Å²) in [5, 5.41) is 0. The van der Waals surface area contributed by atoms with E-state index in [1.165, 1.54) is 16.4 Å². The van der Waals surface area contributed by atoms with Crippen LogP contribution in [0.3, 0.4) is 0 Å². The first-order valence-corrected chi connectivity index (χ1v) is 10.9. The van der Waals surface area contributed by atoms with Crippen molar-refractivity contribution in [2.45, 2.75) is 43.7 Å². The predicted molar refractivity (Wildman–Crippen MR) is 102 cm³/mol. The van der Waals surface area contributed by atoms with Crippen LogP contribution in [0.1, 0.15) is 36.5 Å². The number of hydrogen-bond donors (Lipinski definition) is 0. The number of aryl methyl sites for hydroxylation is 1. The summed E-state index contributed by atoms with van der Waals surface area (Å²) in [4.78, 5) is 0.311. The van der Waals surface area contributed by atoms with Gasteiger partial charge in [0.2, 0.25) is 10.0 Å². The third-order valence-electron chi connectivity index (χ3n) is 5.35. The molecule has 2 aromatic rings. The molecule has 3 nitrogen and oxygen atoms in total. The van der Waals surface area contributed by atoms with Gasteiger partial charge in [0.1, 0.15) is 0 Å². The molecule has 7 heteroatoms. The average molecular weight is 411 g/mol. The molecule has 1 aliphatic rings. The molecule has 2 aromatic carbocycles. The second-order valence-corrected chi connectivity index (χ2v) is 9.18. The van der Waals surface area contributed by atoms with Gasteiger partial charge in [-0.25, -0.2) is 8.42 Å². The highest BCUT2D eigenvalue weighted by Gasteiger charge is 2.31. The zero-order valence-electron chi connectivity index (χ0n) is 15.7. The minimum atomic E-state index is -4.33. The van der Waals surface area contributed by atoms with Crippen LogP contribution in [0.2, 0.25) is 0 Å². The smallest absolute Gasteiger partial charge is 0.207 e. The van der Waals surface area contributed by atoms with Crippen molar-refractivity contribution < 1.29 is 21.6 Å². The van der Waals surface area contributed by atoms with Gasteiger partial charge in [0.25, 0.3) is 0 Å². The van der Waals surface area contributed by atoms with Gasteiger partial charge >= 0.3 is 6.18 Å². The lowest BCUT2D eigenvalue weighted by Gasteiger charge is -2.31. The van der Waals surface area contributed by atoms with E-state index in [9.17, 15) is 21.6 Å². The third kappa shape index (κ3) is 4.75. The van der Waals surface area contributed by atoms with Gasteiger partial charge in [-0.15, -0.1) is 0 Å². The second-order valence-electron chi connectivity index (χ2n) is 7.24. The largest absolute Gasteiger partial charge is 0.416 e. The van der Waals surface area contributed by atoms with Gasteiger partial charge in [-0.05, 0) is 67.0 Å². The summed E-state index contributed by atoms with van der Waals surface area (Å²) >= 11 is 0. The molecule has 0 atom stereocenters. The Hall–Kier alpha value is -1.86. The second kappa shape index (κ2) is 8.25.